The van der Waals surface area contributed by atoms with Gasteiger partial charge in [0, 0.05) is 24.8 Å². The van der Waals surface area contributed by atoms with E-state index in [1.165, 1.54) is 0 Å². The second-order valence-electron chi connectivity index (χ2n) is 4.03. The van der Waals surface area contributed by atoms with Gasteiger partial charge in [0.1, 0.15) is 0 Å². The number of hydrogen-bond acceptors (Lipinski definition) is 3. The van der Waals surface area contributed by atoms with Crippen LogP contribution in [0.1, 0.15) is 16.8 Å². The van der Waals surface area contributed by atoms with Crippen LogP contribution >= 0.6 is 12.4 Å². The SMILES string of the molecule is Cl.Nc1ccccc1C(=O)NCC1CCOC1. The molecule has 0 radical (unpaired) electrons. The third-order valence-electron chi connectivity index (χ3n) is 2.78. The van der Waals surface area contributed by atoms with Crippen LogP contribution in [-0.2, 0) is 4.74 Å². The van der Waals surface area contributed by atoms with Crippen LogP contribution in [0.3, 0.4) is 0 Å². The molecule has 1 heterocycles. The Balaban J connectivity index is 0.00000144. The quantitative estimate of drug-likeness (QED) is 0.805. The number of carbonyl (C=O) groups is 1. The number of amides is 1. The molecule has 1 saturated heterocycles. The Hall–Kier alpha value is -1.26. The van der Waals surface area contributed by atoms with Gasteiger partial charge in [0.25, 0.3) is 5.91 Å². The second-order valence-corrected chi connectivity index (χ2v) is 4.03. The van der Waals surface area contributed by atoms with Gasteiger partial charge in [0.15, 0.2) is 0 Å². The van der Waals surface area contributed by atoms with Gasteiger partial charge in [0.2, 0.25) is 0 Å². The van der Waals surface area contributed by atoms with Crippen LogP contribution in [0.25, 0.3) is 0 Å². The molecular formula is C12H17ClN2O2. The molecule has 2 rings (SSSR count). The minimum atomic E-state index is -0.106. The number of nitrogens with two attached hydrogens (primary N) is 1. The van der Waals surface area contributed by atoms with Crippen molar-refractivity contribution in [3.63, 3.8) is 0 Å². The molecule has 5 heteroatoms. The molecule has 1 aromatic rings. The number of anilines is 1. The number of carbonyl (C=O) groups excluding carboxylic acids is 1. The molecule has 17 heavy (non-hydrogen) atoms. The predicted octanol–water partition coefficient (Wildman–Crippen LogP) is 1.46. The predicted molar refractivity (Wildman–Crippen MR) is 69.4 cm³/mol. The number of hydrogen-bond donors (Lipinski definition) is 2. The van der Waals surface area contributed by atoms with Crippen LogP contribution in [0.5, 0.6) is 0 Å². The van der Waals surface area contributed by atoms with E-state index < -0.39 is 0 Å². The summed E-state index contributed by atoms with van der Waals surface area (Å²) in [5.41, 5.74) is 6.78. The highest BCUT2D eigenvalue weighted by Crippen LogP contribution is 2.13. The van der Waals surface area contributed by atoms with Crippen LogP contribution in [-0.4, -0.2) is 25.7 Å². The number of nitrogen functional groups attached to an aromatic ring is 1. The third kappa shape index (κ3) is 3.61. The van der Waals surface area contributed by atoms with E-state index >= 15 is 0 Å². The molecule has 0 spiro atoms. The topological polar surface area (TPSA) is 64.4 Å². The Bertz CT molecular complexity index is 379. The number of halogens is 1. The lowest BCUT2D eigenvalue weighted by Gasteiger charge is -2.10. The third-order valence-corrected chi connectivity index (χ3v) is 2.78. The minimum Gasteiger partial charge on any atom is -0.398 e. The monoisotopic (exact) mass is 256 g/mol. The van der Waals surface area contributed by atoms with Gasteiger partial charge in [0.05, 0.1) is 12.2 Å². The lowest BCUT2D eigenvalue weighted by Crippen LogP contribution is -2.30. The fraction of sp³-hybridized carbons (Fsp3) is 0.417. The maximum atomic E-state index is 11.8. The zero-order valence-corrected chi connectivity index (χ0v) is 10.3. The van der Waals surface area contributed by atoms with Gasteiger partial charge in [-0.05, 0) is 18.6 Å². The summed E-state index contributed by atoms with van der Waals surface area (Å²) < 4.78 is 5.24. The van der Waals surface area contributed by atoms with Gasteiger partial charge in [-0.2, -0.15) is 0 Å². The van der Waals surface area contributed by atoms with E-state index in [0.29, 0.717) is 23.7 Å². The smallest absolute Gasteiger partial charge is 0.253 e. The Morgan fingerprint density at radius 2 is 2.24 bits per heavy atom. The van der Waals surface area contributed by atoms with Gasteiger partial charge in [-0.3, -0.25) is 4.79 Å². The lowest BCUT2D eigenvalue weighted by molar-refractivity contribution is 0.0946. The fourth-order valence-corrected chi connectivity index (χ4v) is 1.78. The molecule has 1 atom stereocenters. The molecular weight excluding hydrogens is 240 g/mol. The zero-order chi connectivity index (χ0) is 11.4. The van der Waals surface area contributed by atoms with E-state index in [-0.39, 0.29) is 18.3 Å². The summed E-state index contributed by atoms with van der Waals surface area (Å²) in [4.78, 5) is 11.8. The molecule has 1 aliphatic rings. The van der Waals surface area contributed by atoms with Crippen LogP contribution in [0.15, 0.2) is 24.3 Å². The molecule has 94 valence electrons. The Kier molecular flexibility index (Phi) is 5.25. The molecule has 0 saturated carbocycles. The second kappa shape index (κ2) is 6.47. The summed E-state index contributed by atoms with van der Waals surface area (Å²) >= 11 is 0. The fourth-order valence-electron chi connectivity index (χ4n) is 1.78. The van der Waals surface area contributed by atoms with E-state index in [4.69, 9.17) is 10.5 Å². The number of rotatable bonds is 3. The van der Waals surface area contributed by atoms with E-state index in [1.54, 1.807) is 12.1 Å². The number of para-hydroxylation sites is 1. The van der Waals surface area contributed by atoms with Gasteiger partial charge in [-0.25, -0.2) is 0 Å². The van der Waals surface area contributed by atoms with Gasteiger partial charge in [-0.1, -0.05) is 12.1 Å². The number of ether oxygens (including phenoxy) is 1. The van der Waals surface area contributed by atoms with Crippen molar-refractivity contribution in [2.45, 2.75) is 6.42 Å². The Labute approximate surface area is 107 Å². The molecule has 1 aromatic carbocycles. The summed E-state index contributed by atoms with van der Waals surface area (Å²) in [7, 11) is 0. The zero-order valence-electron chi connectivity index (χ0n) is 9.52. The van der Waals surface area contributed by atoms with Crippen molar-refractivity contribution in [1.29, 1.82) is 0 Å². The van der Waals surface area contributed by atoms with Crippen LogP contribution in [0.2, 0.25) is 0 Å². The molecule has 1 fully saturated rings. The van der Waals surface area contributed by atoms with Crippen molar-refractivity contribution in [3.05, 3.63) is 29.8 Å². The molecule has 4 nitrogen and oxygen atoms in total. The highest BCUT2D eigenvalue weighted by Gasteiger charge is 2.17. The minimum absolute atomic E-state index is 0. The highest BCUT2D eigenvalue weighted by atomic mass is 35.5. The molecule has 1 aliphatic heterocycles. The molecule has 0 bridgehead atoms. The maximum Gasteiger partial charge on any atom is 0.253 e. The van der Waals surface area contributed by atoms with E-state index in [9.17, 15) is 4.79 Å². The first-order valence-corrected chi connectivity index (χ1v) is 5.48. The van der Waals surface area contributed by atoms with Crippen molar-refractivity contribution in [1.82, 2.24) is 5.32 Å². The summed E-state index contributed by atoms with van der Waals surface area (Å²) in [6, 6.07) is 7.09. The van der Waals surface area contributed by atoms with Crippen molar-refractivity contribution in [2.24, 2.45) is 5.92 Å². The number of benzene rings is 1. The summed E-state index contributed by atoms with van der Waals surface area (Å²) in [6.07, 6.45) is 1.02. The first-order chi connectivity index (χ1) is 7.77. The Morgan fingerprint density at radius 3 is 2.88 bits per heavy atom. The highest BCUT2D eigenvalue weighted by molar-refractivity contribution is 5.99. The van der Waals surface area contributed by atoms with Crippen LogP contribution in [0, 0.1) is 5.92 Å². The average molecular weight is 257 g/mol. The molecule has 1 amide bonds. The summed E-state index contributed by atoms with van der Waals surface area (Å²) in [5.74, 6) is 0.332. The van der Waals surface area contributed by atoms with Crippen molar-refractivity contribution < 1.29 is 9.53 Å². The van der Waals surface area contributed by atoms with Crippen LogP contribution < -0.4 is 11.1 Å². The van der Waals surface area contributed by atoms with Crippen molar-refractivity contribution >= 4 is 24.0 Å². The largest absolute Gasteiger partial charge is 0.398 e. The van der Waals surface area contributed by atoms with Gasteiger partial charge >= 0.3 is 0 Å². The summed E-state index contributed by atoms with van der Waals surface area (Å²) in [6.45, 7) is 2.20. The number of nitrogens with one attached hydrogen (secondary N) is 1. The van der Waals surface area contributed by atoms with E-state index in [2.05, 4.69) is 5.32 Å². The molecule has 0 aliphatic carbocycles. The van der Waals surface area contributed by atoms with Crippen molar-refractivity contribution in [2.75, 3.05) is 25.5 Å². The normalized spacial score (nSPS) is 18.5. The Morgan fingerprint density at radius 1 is 1.47 bits per heavy atom. The van der Waals surface area contributed by atoms with E-state index in [1.807, 2.05) is 12.1 Å². The lowest BCUT2D eigenvalue weighted by atomic mass is 10.1. The van der Waals surface area contributed by atoms with Crippen LogP contribution in [0.4, 0.5) is 5.69 Å². The molecule has 0 aromatic heterocycles. The molecule has 1 unspecified atom stereocenters. The first-order valence-electron chi connectivity index (χ1n) is 5.48. The van der Waals surface area contributed by atoms with Crippen molar-refractivity contribution in [3.8, 4) is 0 Å². The average Bonchev–Trinajstić information content (AvgIpc) is 2.79. The maximum absolute atomic E-state index is 11.8. The first kappa shape index (κ1) is 13.8. The summed E-state index contributed by atoms with van der Waals surface area (Å²) in [5, 5.41) is 2.88. The van der Waals surface area contributed by atoms with Gasteiger partial charge < -0.3 is 15.8 Å². The standard InChI is InChI=1S/C12H16N2O2.ClH/c13-11-4-2-1-3-10(11)12(15)14-7-9-5-6-16-8-9;/h1-4,9H,5-8,13H2,(H,14,15);1H. The van der Waals surface area contributed by atoms with E-state index in [0.717, 1.165) is 19.6 Å². The molecule has 3 N–H and O–H groups in total. The van der Waals surface area contributed by atoms with Gasteiger partial charge in [-0.15, -0.1) is 12.4 Å².